The Labute approximate surface area is 224 Å². The highest BCUT2D eigenvalue weighted by Gasteiger charge is 2.51. The third-order valence-corrected chi connectivity index (χ3v) is 6.33. The van der Waals surface area contributed by atoms with Crippen LogP contribution in [0.3, 0.4) is 0 Å². The van der Waals surface area contributed by atoms with Crippen molar-refractivity contribution in [3.05, 3.63) is 95.6 Å². The Morgan fingerprint density at radius 3 is 1.70 bits per heavy atom. The van der Waals surface area contributed by atoms with Gasteiger partial charge in [-0.1, -0.05) is 54.6 Å². The summed E-state index contributed by atoms with van der Waals surface area (Å²) in [6.07, 6.45) is -9.66. The Bertz CT molecular complexity index is 1310. The molecular weight excluding hydrogens is 544 g/mol. The van der Waals surface area contributed by atoms with E-state index in [1.807, 2.05) is 0 Å². The van der Waals surface area contributed by atoms with Gasteiger partial charge in [0, 0.05) is 6.42 Å². The van der Waals surface area contributed by atoms with Crippen LogP contribution in [0.5, 0.6) is 11.5 Å². The van der Waals surface area contributed by atoms with Crippen LogP contribution in [0.25, 0.3) is 0 Å². The van der Waals surface area contributed by atoms with Gasteiger partial charge in [-0.05, 0) is 53.8 Å². The quantitative estimate of drug-likeness (QED) is 0.306. The van der Waals surface area contributed by atoms with Gasteiger partial charge in [0.2, 0.25) is 5.91 Å². The van der Waals surface area contributed by atoms with Gasteiger partial charge in [-0.3, -0.25) is 4.79 Å². The minimum absolute atomic E-state index is 0.0429. The van der Waals surface area contributed by atoms with Crippen LogP contribution in [0.1, 0.15) is 29.5 Å². The third kappa shape index (κ3) is 6.96. The molecule has 3 amide bonds. The van der Waals surface area contributed by atoms with Crippen LogP contribution in [-0.2, 0) is 16.8 Å². The minimum Gasteiger partial charge on any atom is -0.406 e. The predicted octanol–water partition coefficient (Wildman–Crippen LogP) is 5.29. The van der Waals surface area contributed by atoms with Gasteiger partial charge in [-0.25, -0.2) is 4.79 Å². The maximum absolute atomic E-state index is 13.3. The van der Waals surface area contributed by atoms with Crippen molar-refractivity contribution in [1.29, 1.82) is 0 Å². The van der Waals surface area contributed by atoms with Gasteiger partial charge in [0.25, 0.3) is 0 Å². The zero-order valence-corrected chi connectivity index (χ0v) is 20.6. The molecule has 1 aliphatic rings. The number of hydrogen-bond acceptors (Lipinski definition) is 4. The van der Waals surface area contributed by atoms with E-state index >= 15 is 0 Å². The van der Waals surface area contributed by atoms with Crippen LogP contribution in [0.2, 0.25) is 0 Å². The fourth-order valence-corrected chi connectivity index (χ4v) is 4.38. The molecule has 4 N–H and O–H groups in total. The summed E-state index contributed by atoms with van der Waals surface area (Å²) in [6, 6.07) is 16.9. The molecule has 212 valence electrons. The normalized spacial score (nSPS) is 14.7. The van der Waals surface area contributed by atoms with E-state index in [0.29, 0.717) is 5.56 Å². The van der Waals surface area contributed by atoms with Crippen LogP contribution in [-0.4, -0.2) is 30.2 Å². The number of halogens is 6. The summed E-state index contributed by atoms with van der Waals surface area (Å²) >= 11 is 0. The van der Waals surface area contributed by atoms with E-state index in [4.69, 9.17) is 5.73 Å². The number of alkyl halides is 6. The summed E-state index contributed by atoms with van der Waals surface area (Å²) in [5.41, 5.74) is 2.98. The molecule has 7 nitrogen and oxygen atoms in total. The van der Waals surface area contributed by atoms with Crippen molar-refractivity contribution in [2.45, 2.75) is 43.1 Å². The fourth-order valence-electron chi connectivity index (χ4n) is 4.38. The van der Waals surface area contributed by atoms with Crippen molar-refractivity contribution >= 4 is 11.9 Å². The topological polar surface area (TPSA) is 103 Å². The highest BCUT2D eigenvalue weighted by molar-refractivity contribution is 5.93. The van der Waals surface area contributed by atoms with E-state index in [9.17, 15) is 35.9 Å². The average molecular weight is 567 g/mol. The number of amides is 3. The lowest BCUT2D eigenvalue weighted by Crippen LogP contribution is -2.57. The van der Waals surface area contributed by atoms with Crippen LogP contribution in [0.15, 0.2) is 78.9 Å². The molecule has 0 heterocycles. The summed E-state index contributed by atoms with van der Waals surface area (Å²) in [4.78, 5) is 25.2. The van der Waals surface area contributed by atoms with Gasteiger partial charge in [-0.2, -0.15) is 0 Å². The third-order valence-electron chi connectivity index (χ3n) is 6.33. The number of primary amides is 1. The predicted molar refractivity (Wildman–Crippen MR) is 130 cm³/mol. The molecule has 40 heavy (non-hydrogen) atoms. The number of benzene rings is 3. The van der Waals surface area contributed by atoms with E-state index in [-0.39, 0.29) is 30.4 Å². The summed E-state index contributed by atoms with van der Waals surface area (Å²) in [6.45, 7) is 0. The number of carbonyl (C=O) groups excluding carboxylic acids is 2. The largest absolute Gasteiger partial charge is 0.573 e. The molecule has 13 heteroatoms. The monoisotopic (exact) mass is 567 g/mol. The average Bonchev–Trinajstić information content (AvgIpc) is 3.63. The molecule has 3 aromatic rings. The zero-order chi connectivity index (χ0) is 29.2. The van der Waals surface area contributed by atoms with Crippen molar-refractivity contribution in [1.82, 2.24) is 10.6 Å². The number of nitrogens with two attached hydrogens (primary N) is 1. The zero-order valence-electron chi connectivity index (χ0n) is 20.6. The molecule has 4 rings (SSSR count). The first-order valence-electron chi connectivity index (χ1n) is 11.9. The molecular formula is C27H23F6N3O4. The molecule has 0 bridgehead atoms. The Kier molecular flexibility index (Phi) is 7.59. The number of urea groups is 1. The van der Waals surface area contributed by atoms with Crippen molar-refractivity contribution < 1.29 is 45.4 Å². The fraction of sp³-hybridized carbons (Fsp3) is 0.259. The van der Waals surface area contributed by atoms with Crippen LogP contribution >= 0.6 is 0 Å². The first-order valence-corrected chi connectivity index (χ1v) is 11.9. The van der Waals surface area contributed by atoms with Crippen molar-refractivity contribution in [3.8, 4) is 11.5 Å². The molecule has 1 fully saturated rings. The van der Waals surface area contributed by atoms with Gasteiger partial charge >= 0.3 is 18.8 Å². The maximum Gasteiger partial charge on any atom is 0.573 e. The van der Waals surface area contributed by atoms with E-state index in [1.165, 1.54) is 24.3 Å². The molecule has 1 saturated carbocycles. The molecule has 0 aliphatic heterocycles. The Balaban J connectivity index is 1.89. The van der Waals surface area contributed by atoms with Crippen LogP contribution in [0.4, 0.5) is 31.1 Å². The van der Waals surface area contributed by atoms with Crippen molar-refractivity contribution in [2.75, 3.05) is 0 Å². The van der Waals surface area contributed by atoms with Crippen LogP contribution < -0.4 is 25.8 Å². The van der Waals surface area contributed by atoms with Gasteiger partial charge in [0.05, 0.1) is 5.54 Å². The SMILES string of the molecule is NC(=O)C1(NC(=O)NC(Cc2ccccc2)(c2cccc(OC(F)(F)F)c2)c2cccc(OC(F)(F)F)c2)CC1. The van der Waals surface area contributed by atoms with Crippen molar-refractivity contribution in [3.63, 3.8) is 0 Å². The first-order chi connectivity index (χ1) is 18.7. The number of carbonyl (C=O) groups is 2. The summed E-state index contributed by atoms with van der Waals surface area (Å²) in [5, 5.41) is 5.22. The number of rotatable bonds is 9. The van der Waals surface area contributed by atoms with E-state index in [1.54, 1.807) is 30.3 Å². The molecule has 0 aromatic heterocycles. The Morgan fingerprint density at radius 1 is 0.775 bits per heavy atom. The molecule has 3 aromatic carbocycles. The molecule has 0 radical (unpaired) electrons. The second-order valence-corrected chi connectivity index (χ2v) is 9.24. The van der Waals surface area contributed by atoms with Crippen LogP contribution in [0, 0.1) is 0 Å². The Hall–Kier alpha value is -4.42. The lowest BCUT2D eigenvalue weighted by Gasteiger charge is -2.37. The number of ether oxygens (including phenoxy) is 2. The second-order valence-electron chi connectivity index (χ2n) is 9.24. The maximum atomic E-state index is 13.3. The van der Waals surface area contributed by atoms with Gasteiger partial charge in [0.1, 0.15) is 17.0 Å². The molecule has 1 aliphatic carbocycles. The highest BCUT2D eigenvalue weighted by atomic mass is 19.4. The van der Waals surface area contributed by atoms with E-state index in [0.717, 1.165) is 24.3 Å². The highest BCUT2D eigenvalue weighted by Crippen LogP contribution is 2.39. The minimum atomic E-state index is -5.04. The van der Waals surface area contributed by atoms with E-state index < -0.39 is 47.2 Å². The summed E-state index contributed by atoms with van der Waals surface area (Å²) in [7, 11) is 0. The van der Waals surface area contributed by atoms with Gasteiger partial charge in [0.15, 0.2) is 0 Å². The van der Waals surface area contributed by atoms with Gasteiger partial charge < -0.3 is 25.8 Å². The second kappa shape index (κ2) is 10.6. The lowest BCUT2D eigenvalue weighted by atomic mass is 9.77. The summed E-state index contributed by atoms with van der Waals surface area (Å²) in [5.74, 6) is -2.02. The first kappa shape index (κ1) is 28.6. The Morgan fingerprint density at radius 2 is 1.27 bits per heavy atom. The molecule has 0 saturated heterocycles. The standard InChI is InChI=1S/C27H23F6N3O4/c28-26(29,30)39-20-10-4-8-18(14-20)25(16-17-6-2-1-3-7-17,36-23(38)35-24(12-13-24)22(34)37)19-9-5-11-21(15-19)40-27(31,32)33/h1-11,14-15H,12-13,16H2,(H2,34,37)(H2,35,36,38). The molecule has 0 unspecified atom stereocenters. The lowest BCUT2D eigenvalue weighted by molar-refractivity contribution is -0.275. The molecule has 0 atom stereocenters. The van der Waals surface area contributed by atoms with Crippen molar-refractivity contribution in [2.24, 2.45) is 5.73 Å². The number of nitrogens with one attached hydrogen (secondary N) is 2. The number of hydrogen-bond donors (Lipinski definition) is 3. The van der Waals surface area contributed by atoms with Gasteiger partial charge in [-0.15, -0.1) is 26.3 Å². The smallest absolute Gasteiger partial charge is 0.406 e. The summed E-state index contributed by atoms with van der Waals surface area (Å²) < 4.78 is 86.5. The molecule has 0 spiro atoms. The van der Waals surface area contributed by atoms with E-state index in [2.05, 4.69) is 20.1 Å².